The Bertz CT molecular complexity index is 1190. The summed E-state index contributed by atoms with van der Waals surface area (Å²) in [4.78, 5) is 12.5. The van der Waals surface area contributed by atoms with E-state index in [0.717, 1.165) is 41.8 Å². The maximum atomic E-state index is 14.2. The number of rotatable bonds is 9. The number of halogens is 5. The highest BCUT2D eigenvalue weighted by Crippen LogP contribution is 2.32. The molecule has 180 valence electrons. The molecule has 0 amide bonds. The highest BCUT2D eigenvalue weighted by atomic mass is 19.4. The van der Waals surface area contributed by atoms with Crippen LogP contribution in [0.15, 0.2) is 66.3 Å². The van der Waals surface area contributed by atoms with Gasteiger partial charge in [-0.3, -0.25) is 0 Å². The fourth-order valence-corrected chi connectivity index (χ4v) is 3.17. The lowest BCUT2D eigenvalue weighted by Gasteiger charge is -2.15. The maximum Gasteiger partial charge on any atom is 0.419 e. The van der Waals surface area contributed by atoms with Gasteiger partial charge in [0, 0.05) is 6.54 Å². The van der Waals surface area contributed by atoms with Gasteiger partial charge in [-0.1, -0.05) is 18.2 Å². The number of hydrogen-bond acceptors (Lipinski definition) is 5. The molecular weight excluding hydrogens is 459 g/mol. The van der Waals surface area contributed by atoms with Crippen LogP contribution in [0.3, 0.4) is 0 Å². The average Bonchev–Trinajstić information content (AvgIpc) is 2.80. The monoisotopic (exact) mass is 481 g/mol. The van der Waals surface area contributed by atoms with E-state index in [0.29, 0.717) is 13.0 Å². The Balaban J connectivity index is 1.67. The number of nitrogens with zero attached hydrogens (tertiary/aromatic N) is 2. The largest absolute Gasteiger partial charge is 0.451 e. The van der Waals surface area contributed by atoms with E-state index in [2.05, 4.69) is 15.3 Å². The molecule has 0 aliphatic heterocycles. The Morgan fingerprint density at radius 2 is 1.76 bits per heavy atom. The number of quaternary nitrogens is 1. The molecule has 11 heteroatoms. The van der Waals surface area contributed by atoms with E-state index in [1.165, 1.54) is 26.2 Å². The molecule has 0 radical (unpaired) electrons. The van der Waals surface area contributed by atoms with Gasteiger partial charge in [-0.05, 0) is 43.2 Å². The van der Waals surface area contributed by atoms with Gasteiger partial charge in [0.25, 0.3) is 0 Å². The number of nitrogens with two attached hydrogens (primary N) is 1. The molecule has 34 heavy (non-hydrogen) atoms. The molecule has 2 aromatic carbocycles. The van der Waals surface area contributed by atoms with Crippen molar-refractivity contribution in [3.63, 3.8) is 0 Å². The van der Waals surface area contributed by atoms with Crippen molar-refractivity contribution in [1.29, 1.82) is 0 Å². The van der Waals surface area contributed by atoms with E-state index in [-0.39, 0.29) is 22.5 Å². The number of allylic oxidation sites excluding steroid dienone is 2. The van der Waals surface area contributed by atoms with Gasteiger partial charge in [-0.15, -0.1) is 0 Å². The number of alkyl halides is 3. The van der Waals surface area contributed by atoms with Crippen molar-refractivity contribution in [2.75, 3.05) is 19.0 Å². The van der Waals surface area contributed by atoms with E-state index in [4.69, 9.17) is 9.57 Å². The van der Waals surface area contributed by atoms with Gasteiger partial charge in [-0.2, -0.15) is 18.7 Å². The summed E-state index contributed by atoms with van der Waals surface area (Å²) in [6.07, 6.45) is -0.964. The summed E-state index contributed by atoms with van der Waals surface area (Å²) >= 11 is 0. The van der Waals surface area contributed by atoms with Crippen LogP contribution in [0.1, 0.15) is 12.5 Å². The Morgan fingerprint density at radius 3 is 2.41 bits per heavy atom. The normalized spacial score (nSPS) is 12.8. The van der Waals surface area contributed by atoms with Crippen molar-refractivity contribution in [2.45, 2.75) is 19.5 Å². The molecule has 0 fully saturated rings. The Hall–Kier alpha value is -3.57. The number of nitrogens with one attached hydrogen (secondary N) is 1. The van der Waals surface area contributed by atoms with Crippen molar-refractivity contribution in [3.8, 4) is 5.75 Å². The molecule has 0 saturated carbocycles. The summed E-state index contributed by atoms with van der Waals surface area (Å²) in [5.41, 5.74) is 0.875. The number of anilines is 1. The molecule has 1 aromatic heterocycles. The van der Waals surface area contributed by atoms with Gasteiger partial charge in [-0.25, -0.2) is 23.6 Å². The van der Waals surface area contributed by atoms with Crippen LogP contribution in [0.2, 0.25) is 0 Å². The minimum atomic E-state index is -4.60. The number of aromatic nitrogens is 2. The number of benzene rings is 2. The third-order valence-electron chi connectivity index (χ3n) is 4.76. The van der Waals surface area contributed by atoms with Crippen LogP contribution in [0.5, 0.6) is 5.75 Å². The molecule has 6 nitrogen and oxygen atoms in total. The third-order valence-corrected chi connectivity index (χ3v) is 4.76. The van der Waals surface area contributed by atoms with E-state index in [1.807, 2.05) is 0 Å². The third kappa shape index (κ3) is 6.06. The predicted molar refractivity (Wildman–Crippen MR) is 116 cm³/mol. The first-order chi connectivity index (χ1) is 16.2. The Kier molecular flexibility index (Phi) is 8.13. The van der Waals surface area contributed by atoms with Crippen molar-refractivity contribution in [3.05, 3.63) is 83.5 Å². The van der Waals surface area contributed by atoms with Crippen LogP contribution in [0.4, 0.5) is 27.8 Å². The highest BCUT2D eigenvalue weighted by molar-refractivity contribution is 5.89. The lowest BCUT2D eigenvalue weighted by molar-refractivity contribution is -0.843. The topological polar surface area (TPSA) is 72.9 Å². The van der Waals surface area contributed by atoms with E-state index in [1.54, 1.807) is 12.1 Å². The Morgan fingerprint density at radius 1 is 1.06 bits per heavy atom. The van der Waals surface area contributed by atoms with Gasteiger partial charge < -0.3 is 10.1 Å². The fourth-order valence-electron chi connectivity index (χ4n) is 3.17. The fraction of sp³-hybridized carbons (Fsp3) is 0.217. The summed E-state index contributed by atoms with van der Waals surface area (Å²) < 4.78 is 73.4. The predicted octanol–water partition coefficient (Wildman–Crippen LogP) is 4.42. The SMILES string of the molecule is C/C=C(\C(=C/[NH2+]OC)Oc1ccc(CCNc2ncnc3c(F)ccc(F)c23)cc1)C(F)(F)F. The van der Waals surface area contributed by atoms with Gasteiger partial charge in [0.15, 0.2) is 12.0 Å². The maximum absolute atomic E-state index is 14.2. The molecule has 0 unspecified atom stereocenters. The molecule has 0 aliphatic rings. The highest BCUT2D eigenvalue weighted by Gasteiger charge is 2.37. The first-order valence-electron chi connectivity index (χ1n) is 10.1. The summed E-state index contributed by atoms with van der Waals surface area (Å²) in [5.74, 6) is -1.33. The van der Waals surface area contributed by atoms with Gasteiger partial charge >= 0.3 is 6.18 Å². The van der Waals surface area contributed by atoms with Gasteiger partial charge in [0.2, 0.25) is 0 Å². The number of fused-ring (bicyclic) bond motifs is 1. The van der Waals surface area contributed by atoms with Crippen LogP contribution in [0.25, 0.3) is 10.9 Å². The zero-order valence-corrected chi connectivity index (χ0v) is 18.3. The molecular formula is C23H22F5N4O2+. The second-order valence-corrected chi connectivity index (χ2v) is 7.00. The zero-order chi connectivity index (χ0) is 24.7. The van der Waals surface area contributed by atoms with E-state index < -0.39 is 29.1 Å². The lowest BCUT2D eigenvalue weighted by Crippen LogP contribution is -2.76. The molecule has 0 bridgehead atoms. The van der Waals surface area contributed by atoms with Crippen LogP contribution in [0, 0.1) is 11.6 Å². The van der Waals surface area contributed by atoms with E-state index >= 15 is 0 Å². The number of hydroxylamine groups is 1. The van der Waals surface area contributed by atoms with Crippen molar-refractivity contribution in [1.82, 2.24) is 9.97 Å². The second-order valence-electron chi connectivity index (χ2n) is 7.00. The number of ether oxygens (including phenoxy) is 1. The lowest BCUT2D eigenvalue weighted by atomic mass is 10.1. The van der Waals surface area contributed by atoms with Crippen LogP contribution in [-0.2, 0) is 11.3 Å². The van der Waals surface area contributed by atoms with Gasteiger partial charge in [0.05, 0.1) is 18.1 Å². The molecule has 3 N–H and O–H groups in total. The molecule has 0 aliphatic carbocycles. The summed E-state index contributed by atoms with van der Waals surface area (Å²) in [6.45, 7) is 1.61. The second kappa shape index (κ2) is 11.0. The minimum absolute atomic E-state index is 0.0390. The molecule has 0 atom stereocenters. The van der Waals surface area contributed by atoms with Crippen molar-refractivity contribution in [2.24, 2.45) is 0 Å². The molecule has 0 saturated heterocycles. The molecule has 0 spiro atoms. The van der Waals surface area contributed by atoms with Crippen LogP contribution < -0.4 is 15.5 Å². The minimum Gasteiger partial charge on any atom is -0.451 e. The number of hydrogen-bond donors (Lipinski definition) is 2. The molecule has 1 heterocycles. The smallest absolute Gasteiger partial charge is 0.419 e. The first-order valence-corrected chi connectivity index (χ1v) is 10.1. The van der Waals surface area contributed by atoms with Gasteiger partial charge in [0.1, 0.15) is 35.0 Å². The Labute approximate surface area is 192 Å². The van der Waals surface area contributed by atoms with Crippen molar-refractivity contribution >= 4 is 16.7 Å². The quantitative estimate of drug-likeness (QED) is 0.205. The average molecular weight is 481 g/mol. The molecule has 3 rings (SSSR count). The van der Waals surface area contributed by atoms with E-state index in [9.17, 15) is 22.0 Å². The summed E-state index contributed by atoms with van der Waals surface area (Å²) in [6, 6.07) is 8.46. The first kappa shape index (κ1) is 25.1. The van der Waals surface area contributed by atoms with Crippen LogP contribution in [-0.4, -0.2) is 29.8 Å². The standard InChI is InChI=1S/C23H21F5N4O2/c1-3-16(23(26,27)28)19(12-32-33-2)34-15-6-4-14(5-7-15)10-11-29-22-20-17(24)8-9-18(25)21(20)30-13-31-22/h3-9,12-13,32H,10-11H2,1-2H3,(H,29,30,31)/p+1/b16-3+,19-12+. The van der Waals surface area contributed by atoms with Crippen molar-refractivity contribution < 1.29 is 37.0 Å². The zero-order valence-electron chi connectivity index (χ0n) is 18.3. The molecule has 3 aromatic rings. The van der Waals surface area contributed by atoms with Crippen LogP contribution >= 0.6 is 0 Å². The summed E-state index contributed by atoms with van der Waals surface area (Å²) in [5, 5.41) is 2.93. The summed E-state index contributed by atoms with van der Waals surface area (Å²) in [7, 11) is 1.31.